The first-order valence-electron chi connectivity index (χ1n) is 7.66. The highest BCUT2D eigenvalue weighted by Crippen LogP contribution is 2.23. The Morgan fingerprint density at radius 1 is 1.19 bits per heavy atom. The molecule has 3 aromatic rings. The number of hydrogen-bond acceptors (Lipinski definition) is 5. The average Bonchev–Trinajstić information content (AvgIpc) is 2.63. The number of halogens is 2. The molecule has 0 atom stereocenters. The van der Waals surface area contributed by atoms with E-state index in [1.54, 1.807) is 25.3 Å². The van der Waals surface area contributed by atoms with E-state index in [-0.39, 0.29) is 17.3 Å². The van der Waals surface area contributed by atoms with Crippen LogP contribution in [-0.4, -0.2) is 26.6 Å². The molecule has 0 bridgehead atoms. The van der Waals surface area contributed by atoms with Crippen LogP contribution in [0, 0.1) is 12.7 Å². The van der Waals surface area contributed by atoms with E-state index in [4.69, 9.17) is 0 Å². The van der Waals surface area contributed by atoms with Crippen molar-refractivity contribution < 1.29 is 9.18 Å². The predicted octanol–water partition coefficient (Wildman–Crippen LogP) is 4.48. The van der Waals surface area contributed by atoms with E-state index in [9.17, 15) is 9.18 Å². The van der Waals surface area contributed by atoms with Crippen molar-refractivity contribution in [1.29, 1.82) is 0 Å². The number of rotatable bonds is 5. The zero-order valence-electron chi connectivity index (χ0n) is 13.7. The molecule has 0 saturated carbocycles. The molecule has 1 amide bonds. The molecular weight excluding hydrogens is 419 g/mol. The van der Waals surface area contributed by atoms with E-state index in [0.29, 0.717) is 21.0 Å². The summed E-state index contributed by atoms with van der Waals surface area (Å²) in [6.45, 7) is 1.79. The van der Waals surface area contributed by atoms with Gasteiger partial charge in [0.05, 0.1) is 22.8 Å². The fourth-order valence-corrected chi connectivity index (χ4v) is 3.25. The molecule has 1 aromatic carbocycles. The molecule has 1 N–H and O–H groups in total. The number of aromatic nitrogens is 3. The first-order valence-corrected chi connectivity index (χ1v) is 9.44. The summed E-state index contributed by atoms with van der Waals surface area (Å²) in [6.07, 6.45) is 1.69. The van der Waals surface area contributed by atoms with Crippen molar-refractivity contribution in [3.63, 3.8) is 0 Å². The number of nitrogens with one attached hydrogen (secondary N) is 1. The minimum absolute atomic E-state index is 0.105. The minimum Gasteiger partial charge on any atom is -0.323 e. The standard InChI is InChI=1S/C18H14BrFN4OS/c1-11-22-16(15-4-2-3-7-21-15)9-18(23-11)26-10-17(25)24-14-6-5-12(19)8-13(14)20/h2-9H,10H2,1H3,(H,24,25). The first kappa shape index (κ1) is 18.5. The zero-order chi connectivity index (χ0) is 18.5. The van der Waals surface area contributed by atoms with E-state index in [0.717, 1.165) is 5.69 Å². The number of nitrogens with zero attached hydrogens (tertiary/aromatic N) is 3. The number of thioether (sulfide) groups is 1. The number of benzene rings is 1. The minimum atomic E-state index is -0.493. The second kappa shape index (κ2) is 8.37. The monoisotopic (exact) mass is 432 g/mol. The van der Waals surface area contributed by atoms with Crippen LogP contribution in [0.4, 0.5) is 10.1 Å². The second-order valence-electron chi connectivity index (χ2n) is 5.31. The number of pyridine rings is 1. The van der Waals surface area contributed by atoms with Gasteiger partial charge in [-0.05, 0) is 43.3 Å². The lowest BCUT2D eigenvalue weighted by molar-refractivity contribution is -0.113. The topological polar surface area (TPSA) is 67.8 Å². The van der Waals surface area contributed by atoms with Crippen LogP contribution in [-0.2, 0) is 4.79 Å². The predicted molar refractivity (Wildman–Crippen MR) is 103 cm³/mol. The van der Waals surface area contributed by atoms with E-state index in [2.05, 4.69) is 36.2 Å². The van der Waals surface area contributed by atoms with Gasteiger partial charge in [-0.25, -0.2) is 14.4 Å². The third-order valence-electron chi connectivity index (χ3n) is 3.30. The summed E-state index contributed by atoms with van der Waals surface area (Å²) in [5.41, 5.74) is 1.58. The van der Waals surface area contributed by atoms with Gasteiger partial charge in [0.15, 0.2) is 0 Å². The number of aryl methyl sites for hydroxylation is 1. The highest BCUT2D eigenvalue weighted by atomic mass is 79.9. The third kappa shape index (κ3) is 4.86. The van der Waals surface area contributed by atoms with Gasteiger partial charge >= 0.3 is 0 Å². The number of amides is 1. The Labute approximate surface area is 162 Å². The Bertz CT molecular complexity index is 940. The molecular formula is C18H14BrFN4OS. The normalized spacial score (nSPS) is 10.6. The summed E-state index contributed by atoms with van der Waals surface area (Å²) in [5.74, 6) is -0.108. The lowest BCUT2D eigenvalue weighted by Crippen LogP contribution is -2.15. The third-order valence-corrected chi connectivity index (χ3v) is 4.70. The van der Waals surface area contributed by atoms with Crippen LogP contribution in [0.5, 0.6) is 0 Å². The Kier molecular flexibility index (Phi) is 5.95. The second-order valence-corrected chi connectivity index (χ2v) is 7.23. The summed E-state index contributed by atoms with van der Waals surface area (Å²) < 4.78 is 14.4. The largest absolute Gasteiger partial charge is 0.323 e. The van der Waals surface area contributed by atoms with Gasteiger partial charge in [0.25, 0.3) is 0 Å². The molecule has 0 aliphatic heterocycles. The maximum absolute atomic E-state index is 13.8. The van der Waals surface area contributed by atoms with Crippen LogP contribution in [0.25, 0.3) is 11.4 Å². The van der Waals surface area contributed by atoms with Crippen LogP contribution in [0.1, 0.15) is 5.82 Å². The van der Waals surface area contributed by atoms with Gasteiger partial charge in [0.1, 0.15) is 16.7 Å². The molecule has 26 heavy (non-hydrogen) atoms. The van der Waals surface area contributed by atoms with Crippen molar-refractivity contribution >= 4 is 39.3 Å². The van der Waals surface area contributed by atoms with Crippen LogP contribution in [0.15, 0.2) is 58.2 Å². The Hall–Kier alpha value is -2.32. The fraction of sp³-hybridized carbons (Fsp3) is 0.111. The van der Waals surface area contributed by atoms with Gasteiger partial charge < -0.3 is 5.32 Å². The van der Waals surface area contributed by atoms with Gasteiger partial charge in [-0.3, -0.25) is 9.78 Å². The lowest BCUT2D eigenvalue weighted by atomic mass is 10.2. The van der Waals surface area contributed by atoms with Crippen LogP contribution in [0.2, 0.25) is 0 Å². The highest BCUT2D eigenvalue weighted by Gasteiger charge is 2.10. The van der Waals surface area contributed by atoms with Crippen molar-refractivity contribution in [3.05, 3.63) is 64.8 Å². The maximum Gasteiger partial charge on any atom is 0.234 e. The molecule has 8 heteroatoms. The number of carbonyl (C=O) groups is 1. The van der Waals surface area contributed by atoms with E-state index in [1.165, 1.54) is 23.9 Å². The lowest BCUT2D eigenvalue weighted by Gasteiger charge is -2.08. The van der Waals surface area contributed by atoms with Crippen molar-refractivity contribution in [1.82, 2.24) is 15.0 Å². The van der Waals surface area contributed by atoms with Gasteiger partial charge in [-0.1, -0.05) is 33.8 Å². The molecule has 0 saturated heterocycles. The summed E-state index contributed by atoms with van der Waals surface area (Å²) in [5, 5.41) is 3.21. The van der Waals surface area contributed by atoms with Gasteiger partial charge in [-0.2, -0.15) is 0 Å². The van der Waals surface area contributed by atoms with Crippen molar-refractivity contribution in [2.75, 3.05) is 11.1 Å². The van der Waals surface area contributed by atoms with E-state index in [1.807, 2.05) is 18.2 Å². The molecule has 0 spiro atoms. The molecule has 0 fully saturated rings. The van der Waals surface area contributed by atoms with Crippen molar-refractivity contribution in [3.8, 4) is 11.4 Å². The fourth-order valence-electron chi connectivity index (χ4n) is 2.18. The quantitative estimate of drug-likeness (QED) is 0.475. The Balaban J connectivity index is 1.67. The molecule has 2 heterocycles. The Morgan fingerprint density at radius 2 is 2.04 bits per heavy atom. The molecule has 2 aromatic heterocycles. The van der Waals surface area contributed by atoms with Crippen molar-refractivity contribution in [2.45, 2.75) is 11.9 Å². The number of carbonyl (C=O) groups excluding carboxylic acids is 1. The summed E-state index contributed by atoms with van der Waals surface area (Å²) in [6, 6.07) is 11.8. The molecule has 0 radical (unpaired) electrons. The van der Waals surface area contributed by atoms with Gasteiger partial charge in [0, 0.05) is 10.7 Å². The van der Waals surface area contributed by atoms with Gasteiger partial charge in [-0.15, -0.1) is 0 Å². The molecule has 5 nitrogen and oxygen atoms in total. The molecule has 0 aliphatic carbocycles. The SMILES string of the molecule is Cc1nc(SCC(=O)Nc2ccc(Br)cc2F)cc(-c2ccccn2)n1. The van der Waals surface area contributed by atoms with E-state index < -0.39 is 5.82 Å². The highest BCUT2D eigenvalue weighted by molar-refractivity contribution is 9.10. The van der Waals surface area contributed by atoms with Crippen LogP contribution in [0.3, 0.4) is 0 Å². The van der Waals surface area contributed by atoms with Gasteiger partial charge in [0.2, 0.25) is 5.91 Å². The van der Waals surface area contributed by atoms with Crippen LogP contribution >= 0.6 is 27.7 Å². The summed E-state index contributed by atoms with van der Waals surface area (Å²) in [4.78, 5) is 25.1. The Morgan fingerprint density at radius 3 is 2.77 bits per heavy atom. The molecule has 132 valence electrons. The average molecular weight is 433 g/mol. The zero-order valence-corrected chi connectivity index (χ0v) is 16.1. The first-order chi connectivity index (χ1) is 12.5. The summed E-state index contributed by atoms with van der Waals surface area (Å²) >= 11 is 4.44. The molecule has 0 unspecified atom stereocenters. The maximum atomic E-state index is 13.8. The van der Waals surface area contributed by atoms with Crippen molar-refractivity contribution in [2.24, 2.45) is 0 Å². The summed E-state index contributed by atoms with van der Waals surface area (Å²) in [7, 11) is 0. The molecule has 3 rings (SSSR count). The smallest absolute Gasteiger partial charge is 0.234 e. The molecule has 0 aliphatic rings. The number of hydrogen-bond donors (Lipinski definition) is 1. The van der Waals surface area contributed by atoms with Crippen LogP contribution < -0.4 is 5.32 Å². The number of anilines is 1. The van der Waals surface area contributed by atoms with E-state index >= 15 is 0 Å².